The largest absolute Gasteiger partial charge is 0.416 e. The minimum absolute atomic E-state index is 0.0340. The van der Waals surface area contributed by atoms with E-state index in [-0.39, 0.29) is 11.0 Å². The van der Waals surface area contributed by atoms with E-state index in [0.717, 1.165) is 12.1 Å². The molecule has 0 saturated heterocycles. The average molecular weight is 352 g/mol. The van der Waals surface area contributed by atoms with E-state index >= 15 is 0 Å². The minimum atomic E-state index is -4.46. The van der Waals surface area contributed by atoms with Crippen molar-refractivity contribution in [3.8, 4) is 0 Å². The third-order valence-electron chi connectivity index (χ3n) is 2.26. The highest BCUT2D eigenvalue weighted by Gasteiger charge is 2.31. The van der Waals surface area contributed by atoms with Crippen molar-refractivity contribution in [2.24, 2.45) is 0 Å². The standard InChI is InChI=1S/C12H7BrClF3N2/c13-8-3-1-2-4-9(8)18-11-6-7(12(15,16)17)5-10(14)19-11/h1-6H,(H,18,19). The Morgan fingerprint density at radius 1 is 1.16 bits per heavy atom. The summed E-state index contributed by atoms with van der Waals surface area (Å²) < 4.78 is 38.6. The average Bonchev–Trinajstić information content (AvgIpc) is 2.30. The van der Waals surface area contributed by atoms with Gasteiger partial charge in [-0.3, -0.25) is 0 Å². The fourth-order valence-electron chi connectivity index (χ4n) is 1.43. The van der Waals surface area contributed by atoms with E-state index in [4.69, 9.17) is 11.6 Å². The third-order valence-corrected chi connectivity index (χ3v) is 3.14. The van der Waals surface area contributed by atoms with E-state index in [1.807, 2.05) is 0 Å². The normalized spacial score (nSPS) is 11.4. The van der Waals surface area contributed by atoms with Gasteiger partial charge in [-0.1, -0.05) is 23.7 Å². The van der Waals surface area contributed by atoms with Gasteiger partial charge >= 0.3 is 6.18 Å². The van der Waals surface area contributed by atoms with E-state index in [1.54, 1.807) is 24.3 Å². The van der Waals surface area contributed by atoms with Crippen molar-refractivity contribution in [1.82, 2.24) is 4.98 Å². The van der Waals surface area contributed by atoms with Crippen LogP contribution in [0.3, 0.4) is 0 Å². The van der Waals surface area contributed by atoms with Crippen molar-refractivity contribution in [3.05, 3.63) is 51.6 Å². The van der Waals surface area contributed by atoms with Crippen LogP contribution in [0.5, 0.6) is 0 Å². The zero-order valence-electron chi connectivity index (χ0n) is 9.30. The molecule has 19 heavy (non-hydrogen) atoms. The van der Waals surface area contributed by atoms with E-state index in [1.165, 1.54) is 0 Å². The molecule has 0 radical (unpaired) electrons. The first kappa shape index (κ1) is 14.1. The van der Waals surface area contributed by atoms with Crippen molar-refractivity contribution >= 4 is 39.0 Å². The summed E-state index contributed by atoms with van der Waals surface area (Å²) in [6.07, 6.45) is -4.46. The van der Waals surface area contributed by atoms with Crippen LogP contribution >= 0.6 is 27.5 Å². The Balaban J connectivity index is 2.36. The highest BCUT2D eigenvalue weighted by molar-refractivity contribution is 9.10. The van der Waals surface area contributed by atoms with E-state index in [9.17, 15) is 13.2 Å². The van der Waals surface area contributed by atoms with Gasteiger partial charge in [0, 0.05) is 4.47 Å². The quantitative estimate of drug-likeness (QED) is 0.747. The molecule has 1 aromatic carbocycles. The number of halogens is 5. The molecule has 2 aromatic rings. The number of hydrogen-bond donors (Lipinski definition) is 1. The number of anilines is 2. The zero-order chi connectivity index (χ0) is 14.0. The van der Waals surface area contributed by atoms with Crippen LogP contribution in [-0.2, 0) is 6.18 Å². The Hall–Kier alpha value is -1.27. The Bertz CT molecular complexity index is 602. The number of nitrogens with zero attached hydrogens (tertiary/aromatic N) is 1. The van der Waals surface area contributed by atoms with Gasteiger partial charge in [0.1, 0.15) is 11.0 Å². The van der Waals surface area contributed by atoms with Crippen LogP contribution in [0.15, 0.2) is 40.9 Å². The second kappa shape index (κ2) is 5.38. The molecule has 1 heterocycles. The number of aromatic nitrogens is 1. The van der Waals surface area contributed by atoms with Gasteiger partial charge in [-0.05, 0) is 40.2 Å². The second-order valence-electron chi connectivity index (χ2n) is 3.67. The lowest BCUT2D eigenvalue weighted by Crippen LogP contribution is -2.06. The number of para-hydroxylation sites is 1. The first-order valence-electron chi connectivity index (χ1n) is 5.12. The summed E-state index contributed by atoms with van der Waals surface area (Å²) >= 11 is 8.88. The third kappa shape index (κ3) is 3.61. The molecule has 0 aliphatic rings. The Morgan fingerprint density at radius 2 is 1.84 bits per heavy atom. The van der Waals surface area contributed by atoms with E-state index in [0.29, 0.717) is 10.2 Å². The van der Waals surface area contributed by atoms with Crippen molar-refractivity contribution in [2.75, 3.05) is 5.32 Å². The molecule has 0 aliphatic carbocycles. The molecule has 100 valence electrons. The molecule has 0 aliphatic heterocycles. The Kier molecular flexibility index (Phi) is 4.01. The van der Waals surface area contributed by atoms with Crippen molar-refractivity contribution in [2.45, 2.75) is 6.18 Å². The van der Waals surface area contributed by atoms with Crippen LogP contribution in [0.25, 0.3) is 0 Å². The fourth-order valence-corrected chi connectivity index (χ4v) is 2.02. The molecule has 0 saturated carbocycles. The molecular weight excluding hydrogens is 344 g/mol. The maximum atomic E-state index is 12.6. The van der Waals surface area contributed by atoms with Crippen LogP contribution in [0.1, 0.15) is 5.56 Å². The van der Waals surface area contributed by atoms with E-state index < -0.39 is 11.7 Å². The van der Waals surface area contributed by atoms with Gasteiger partial charge in [-0.15, -0.1) is 0 Å². The number of rotatable bonds is 2. The van der Waals surface area contributed by atoms with Crippen molar-refractivity contribution < 1.29 is 13.2 Å². The molecule has 1 aromatic heterocycles. The molecule has 1 N–H and O–H groups in total. The van der Waals surface area contributed by atoms with Crippen LogP contribution in [0.4, 0.5) is 24.7 Å². The smallest absolute Gasteiger partial charge is 0.339 e. The summed E-state index contributed by atoms with van der Waals surface area (Å²) in [5.74, 6) is 0.0340. The molecule has 2 nitrogen and oxygen atoms in total. The van der Waals surface area contributed by atoms with Gasteiger partial charge in [0.15, 0.2) is 0 Å². The van der Waals surface area contributed by atoms with Crippen molar-refractivity contribution in [3.63, 3.8) is 0 Å². The Morgan fingerprint density at radius 3 is 2.47 bits per heavy atom. The first-order chi connectivity index (χ1) is 8.86. The molecule has 7 heteroatoms. The number of benzene rings is 1. The number of alkyl halides is 3. The fraction of sp³-hybridized carbons (Fsp3) is 0.0833. The summed E-state index contributed by atoms with van der Waals surface area (Å²) in [7, 11) is 0. The van der Waals surface area contributed by atoms with E-state index in [2.05, 4.69) is 26.2 Å². The maximum absolute atomic E-state index is 12.6. The summed E-state index contributed by atoms with van der Waals surface area (Å²) in [5.41, 5.74) is -0.243. The maximum Gasteiger partial charge on any atom is 0.416 e. The Labute approximate surface area is 120 Å². The number of hydrogen-bond acceptors (Lipinski definition) is 2. The van der Waals surface area contributed by atoms with Crippen LogP contribution < -0.4 is 5.32 Å². The zero-order valence-corrected chi connectivity index (χ0v) is 11.6. The molecule has 0 fully saturated rings. The van der Waals surface area contributed by atoms with Gasteiger partial charge in [-0.25, -0.2) is 4.98 Å². The van der Waals surface area contributed by atoms with Gasteiger partial charge in [0.25, 0.3) is 0 Å². The van der Waals surface area contributed by atoms with Gasteiger partial charge < -0.3 is 5.32 Å². The summed E-state index contributed by atoms with van der Waals surface area (Å²) in [6, 6.07) is 8.71. The summed E-state index contributed by atoms with van der Waals surface area (Å²) in [6.45, 7) is 0. The van der Waals surface area contributed by atoms with Gasteiger partial charge in [0.2, 0.25) is 0 Å². The monoisotopic (exact) mass is 350 g/mol. The highest BCUT2D eigenvalue weighted by atomic mass is 79.9. The second-order valence-corrected chi connectivity index (χ2v) is 4.91. The topological polar surface area (TPSA) is 24.9 Å². The van der Waals surface area contributed by atoms with Crippen LogP contribution in [0, 0.1) is 0 Å². The van der Waals surface area contributed by atoms with Crippen LogP contribution in [-0.4, -0.2) is 4.98 Å². The first-order valence-corrected chi connectivity index (χ1v) is 6.30. The molecule has 2 rings (SSSR count). The molecule has 0 spiro atoms. The van der Waals surface area contributed by atoms with Crippen molar-refractivity contribution in [1.29, 1.82) is 0 Å². The predicted octanol–water partition coefficient (Wildman–Crippen LogP) is 5.26. The molecule has 0 unspecified atom stereocenters. The molecule has 0 bridgehead atoms. The highest BCUT2D eigenvalue weighted by Crippen LogP contribution is 2.33. The summed E-state index contributed by atoms with van der Waals surface area (Å²) in [5, 5.41) is 2.56. The lowest BCUT2D eigenvalue weighted by molar-refractivity contribution is -0.137. The number of nitrogens with one attached hydrogen (secondary N) is 1. The molecule has 0 amide bonds. The molecule has 0 atom stereocenters. The summed E-state index contributed by atoms with van der Waals surface area (Å²) in [4.78, 5) is 3.82. The minimum Gasteiger partial charge on any atom is -0.339 e. The lowest BCUT2D eigenvalue weighted by Gasteiger charge is -2.11. The lowest BCUT2D eigenvalue weighted by atomic mass is 10.2. The SMILES string of the molecule is FC(F)(F)c1cc(Cl)nc(Nc2ccccc2Br)c1. The number of pyridine rings is 1. The van der Waals surface area contributed by atoms with Gasteiger partial charge in [-0.2, -0.15) is 13.2 Å². The molecular formula is C12H7BrClF3N2. The predicted molar refractivity (Wildman–Crippen MR) is 71.7 cm³/mol. The van der Waals surface area contributed by atoms with Crippen LogP contribution in [0.2, 0.25) is 5.15 Å². The van der Waals surface area contributed by atoms with Gasteiger partial charge in [0.05, 0.1) is 11.3 Å².